The molecule has 2 rings (SSSR count). The molecule has 0 N–H and O–H groups in total. The lowest BCUT2D eigenvalue weighted by atomic mass is 9.84. The number of hydrogen-bond acceptors (Lipinski definition) is 2. The van der Waals surface area contributed by atoms with Crippen LogP contribution in [0.25, 0.3) is 0 Å². The van der Waals surface area contributed by atoms with E-state index >= 15 is 0 Å². The summed E-state index contributed by atoms with van der Waals surface area (Å²) in [4.78, 5) is 9.18. The number of rotatable bonds is 3. The molecule has 0 spiro atoms. The Morgan fingerprint density at radius 2 is 1.82 bits per heavy atom. The maximum absolute atomic E-state index is 9.18. The van der Waals surface area contributed by atoms with Crippen LogP contribution in [0.4, 0.5) is 0 Å². The van der Waals surface area contributed by atoms with Gasteiger partial charge in [-0.1, -0.05) is 49.6 Å². The minimum absolute atomic E-state index is 0.431. The second-order valence-corrected chi connectivity index (χ2v) is 4.30. The molecule has 0 radical (unpaired) electrons. The molecule has 1 aromatic rings. The van der Waals surface area contributed by atoms with Crippen molar-refractivity contribution in [3.05, 3.63) is 35.9 Å². The first kappa shape index (κ1) is 13.8. The minimum atomic E-state index is 0.431. The summed E-state index contributed by atoms with van der Waals surface area (Å²) in [5.74, 6) is 0.861. The fourth-order valence-corrected chi connectivity index (χ4v) is 2.23. The molecule has 1 saturated carbocycles. The van der Waals surface area contributed by atoms with Gasteiger partial charge in [0.2, 0.25) is 0 Å². The van der Waals surface area contributed by atoms with Crippen LogP contribution >= 0.6 is 0 Å². The highest BCUT2D eigenvalue weighted by molar-refractivity contribution is 5.36. The quantitative estimate of drug-likeness (QED) is 0.741. The van der Waals surface area contributed by atoms with Gasteiger partial charge in [0.25, 0.3) is 6.47 Å². The van der Waals surface area contributed by atoms with E-state index in [9.17, 15) is 4.79 Å². The van der Waals surface area contributed by atoms with E-state index in [0.717, 1.165) is 5.92 Å². The van der Waals surface area contributed by atoms with Crippen molar-refractivity contribution < 1.29 is 9.53 Å². The fourth-order valence-electron chi connectivity index (χ4n) is 2.23. The van der Waals surface area contributed by atoms with Crippen LogP contribution in [0.2, 0.25) is 0 Å². The molecule has 0 aromatic heterocycles. The molecule has 0 amide bonds. The maximum Gasteiger partial charge on any atom is 0.293 e. The van der Waals surface area contributed by atoms with E-state index in [1.165, 1.54) is 32.1 Å². The molecule has 0 bridgehead atoms. The van der Waals surface area contributed by atoms with Crippen LogP contribution in [-0.2, 0) is 9.53 Å². The topological polar surface area (TPSA) is 26.3 Å². The van der Waals surface area contributed by atoms with Crippen LogP contribution < -0.4 is 0 Å². The summed E-state index contributed by atoms with van der Waals surface area (Å²) in [5.41, 5.74) is 1.55. The lowest BCUT2D eigenvalue weighted by Crippen LogP contribution is -2.03. The zero-order valence-electron chi connectivity index (χ0n) is 10.6. The molecular weight excluding hydrogens is 212 g/mol. The third kappa shape index (κ3) is 5.53. The highest BCUT2D eigenvalue weighted by Gasteiger charge is 2.14. The van der Waals surface area contributed by atoms with Gasteiger partial charge in [-0.05, 0) is 31.2 Å². The lowest BCUT2D eigenvalue weighted by Gasteiger charge is -2.21. The summed E-state index contributed by atoms with van der Waals surface area (Å²) in [7, 11) is 0. The first-order valence-corrected chi connectivity index (χ1v) is 6.48. The van der Waals surface area contributed by atoms with E-state index in [2.05, 4.69) is 35.1 Å². The van der Waals surface area contributed by atoms with Crippen molar-refractivity contribution >= 4 is 6.47 Å². The van der Waals surface area contributed by atoms with E-state index in [1.807, 2.05) is 0 Å². The molecule has 94 valence electrons. The Hall–Kier alpha value is -1.31. The maximum atomic E-state index is 9.18. The molecule has 2 heteroatoms. The molecular formula is C15H22O2. The second-order valence-electron chi connectivity index (χ2n) is 4.30. The van der Waals surface area contributed by atoms with Crippen LogP contribution in [0.5, 0.6) is 0 Å². The van der Waals surface area contributed by atoms with Crippen molar-refractivity contribution in [2.75, 3.05) is 6.61 Å². The Bertz CT molecular complexity index is 289. The monoisotopic (exact) mass is 234 g/mol. The molecule has 0 atom stereocenters. The standard InChI is InChI=1S/C12H16.C3H6O2/c1-3-7-11(8-4-1)12-9-5-2-6-10-12;1-2-5-3-4/h1,3-4,7-8,12H,2,5-6,9-10H2;3H,2H2,1H3. The number of hydrogen-bond donors (Lipinski definition) is 0. The highest BCUT2D eigenvalue weighted by atomic mass is 16.5. The molecule has 0 unspecified atom stereocenters. The van der Waals surface area contributed by atoms with Crippen molar-refractivity contribution in [3.63, 3.8) is 0 Å². The van der Waals surface area contributed by atoms with Gasteiger partial charge in [0.1, 0.15) is 0 Å². The molecule has 1 aliphatic carbocycles. The predicted octanol–water partition coefficient (Wildman–Crippen LogP) is 3.91. The second kappa shape index (κ2) is 8.80. The van der Waals surface area contributed by atoms with Crippen LogP contribution in [0, 0.1) is 0 Å². The van der Waals surface area contributed by atoms with E-state index in [1.54, 1.807) is 12.5 Å². The normalized spacial score (nSPS) is 15.6. The van der Waals surface area contributed by atoms with E-state index in [-0.39, 0.29) is 0 Å². The first-order chi connectivity index (χ1) is 8.38. The van der Waals surface area contributed by atoms with Crippen molar-refractivity contribution in [3.8, 4) is 0 Å². The first-order valence-electron chi connectivity index (χ1n) is 6.48. The van der Waals surface area contributed by atoms with Crippen molar-refractivity contribution in [2.45, 2.75) is 44.9 Å². The highest BCUT2D eigenvalue weighted by Crippen LogP contribution is 2.31. The summed E-state index contributed by atoms with van der Waals surface area (Å²) in [6.45, 7) is 2.66. The van der Waals surface area contributed by atoms with Crippen molar-refractivity contribution in [1.29, 1.82) is 0 Å². The molecule has 0 saturated heterocycles. The van der Waals surface area contributed by atoms with E-state index < -0.39 is 0 Å². The Labute approximate surface area is 104 Å². The minimum Gasteiger partial charge on any atom is -0.468 e. The van der Waals surface area contributed by atoms with Gasteiger partial charge in [0.05, 0.1) is 6.61 Å². The Morgan fingerprint density at radius 3 is 2.29 bits per heavy atom. The van der Waals surface area contributed by atoms with Gasteiger partial charge < -0.3 is 4.74 Å². The molecule has 17 heavy (non-hydrogen) atoms. The van der Waals surface area contributed by atoms with Crippen molar-refractivity contribution in [1.82, 2.24) is 0 Å². The van der Waals surface area contributed by atoms with Gasteiger partial charge in [0, 0.05) is 0 Å². The molecule has 0 aliphatic heterocycles. The molecule has 1 aliphatic rings. The zero-order valence-corrected chi connectivity index (χ0v) is 10.6. The molecule has 1 fully saturated rings. The van der Waals surface area contributed by atoms with Gasteiger partial charge in [-0.3, -0.25) is 4.79 Å². The summed E-state index contributed by atoms with van der Waals surface area (Å²) in [5, 5.41) is 0. The lowest BCUT2D eigenvalue weighted by molar-refractivity contribution is -0.128. The zero-order chi connectivity index (χ0) is 12.3. The van der Waals surface area contributed by atoms with Crippen LogP contribution in [0.1, 0.15) is 50.5 Å². The number of benzene rings is 1. The van der Waals surface area contributed by atoms with Gasteiger partial charge in [-0.15, -0.1) is 0 Å². The van der Waals surface area contributed by atoms with E-state index in [4.69, 9.17) is 0 Å². The van der Waals surface area contributed by atoms with Crippen LogP contribution in [-0.4, -0.2) is 13.1 Å². The number of carbonyl (C=O) groups is 1. The average Bonchev–Trinajstić information content (AvgIpc) is 2.42. The molecule has 0 heterocycles. The van der Waals surface area contributed by atoms with Gasteiger partial charge in [-0.25, -0.2) is 0 Å². The molecule has 2 nitrogen and oxygen atoms in total. The van der Waals surface area contributed by atoms with Gasteiger partial charge >= 0.3 is 0 Å². The summed E-state index contributed by atoms with van der Waals surface area (Å²) >= 11 is 0. The Kier molecular flexibility index (Phi) is 7.12. The third-order valence-electron chi connectivity index (χ3n) is 3.11. The summed E-state index contributed by atoms with van der Waals surface area (Å²) in [6.07, 6.45) is 7.12. The SMILES string of the molecule is CCOC=O.c1ccc(C2CCCCC2)cc1. The Balaban J connectivity index is 0.000000249. The van der Waals surface area contributed by atoms with Gasteiger partial charge in [-0.2, -0.15) is 0 Å². The van der Waals surface area contributed by atoms with Crippen LogP contribution in [0.3, 0.4) is 0 Å². The van der Waals surface area contributed by atoms with E-state index in [0.29, 0.717) is 13.1 Å². The third-order valence-corrected chi connectivity index (χ3v) is 3.11. The van der Waals surface area contributed by atoms with Gasteiger partial charge in [0.15, 0.2) is 0 Å². The smallest absolute Gasteiger partial charge is 0.293 e. The Morgan fingerprint density at radius 1 is 1.18 bits per heavy atom. The number of ether oxygens (including phenoxy) is 1. The van der Waals surface area contributed by atoms with Crippen LogP contribution in [0.15, 0.2) is 30.3 Å². The fraction of sp³-hybridized carbons (Fsp3) is 0.533. The summed E-state index contributed by atoms with van der Waals surface area (Å²) < 4.78 is 4.15. The number of carbonyl (C=O) groups excluding carboxylic acids is 1. The predicted molar refractivity (Wildman–Crippen MR) is 70.0 cm³/mol. The average molecular weight is 234 g/mol. The summed E-state index contributed by atoms with van der Waals surface area (Å²) in [6, 6.07) is 11.0. The molecule has 1 aromatic carbocycles. The van der Waals surface area contributed by atoms with Crippen molar-refractivity contribution in [2.24, 2.45) is 0 Å². The largest absolute Gasteiger partial charge is 0.468 e.